The predicted octanol–water partition coefficient (Wildman–Crippen LogP) is 4.26. The zero-order valence-corrected chi connectivity index (χ0v) is 24.1. The molecule has 2 amide bonds. The van der Waals surface area contributed by atoms with Gasteiger partial charge in [-0.3, -0.25) is 19.4 Å². The van der Waals surface area contributed by atoms with Gasteiger partial charge in [0.05, 0.1) is 0 Å². The predicted molar refractivity (Wildman–Crippen MR) is 163 cm³/mol. The number of nitrogens with one attached hydrogen (secondary N) is 1. The van der Waals surface area contributed by atoms with Crippen molar-refractivity contribution >= 4 is 17.4 Å². The highest BCUT2D eigenvalue weighted by molar-refractivity contribution is 5.88. The van der Waals surface area contributed by atoms with Gasteiger partial charge in [-0.2, -0.15) is 0 Å². The van der Waals surface area contributed by atoms with E-state index in [-0.39, 0.29) is 17.6 Å². The minimum Gasteiger partial charge on any atom is -0.355 e. The van der Waals surface area contributed by atoms with Gasteiger partial charge in [-0.05, 0) is 48.6 Å². The minimum atomic E-state index is -0.242. The number of hydrogen-bond donors (Lipinski definition) is 1. The number of rotatable bonds is 10. The van der Waals surface area contributed by atoms with E-state index in [0.29, 0.717) is 32.5 Å². The van der Waals surface area contributed by atoms with E-state index in [4.69, 9.17) is 6.42 Å². The quantitative estimate of drug-likeness (QED) is 0.351. The molecule has 0 atom stereocenters. The molecule has 2 aliphatic rings. The first-order valence-electron chi connectivity index (χ1n) is 14.6. The molecule has 0 radical (unpaired) electrons. The number of hydrogen-bond acceptors (Lipinski definition) is 4. The Bertz CT molecular complexity index is 1210. The lowest BCUT2D eigenvalue weighted by molar-refractivity contribution is -0.126. The molecule has 4 rings (SSSR count). The van der Waals surface area contributed by atoms with Gasteiger partial charge < -0.3 is 10.2 Å². The van der Waals surface area contributed by atoms with Crippen molar-refractivity contribution in [3.8, 4) is 12.3 Å². The van der Waals surface area contributed by atoms with Gasteiger partial charge in [-0.25, -0.2) is 4.39 Å². The normalized spacial score (nSPS) is 16.5. The Kier molecular flexibility index (Phi) is 11.3. The third-order valence-electron chi connectivity index (χ3n) is 7.84. The number of likely N-dealkylation sites (tertiary alicyclic amines) is 1. The lowest BCUT2D eigenvalue weighted by atomic mass is 9.88. The van der Waals surface area contributed by atoms with Crippen LogP contribution in [0, 0.1) is 25.1 Å². The van der Waals surface area contributed by atoms with Crippen molar-refractivity contribution < 1.29 is 14.0 Å². The Hall–Kier alpha value is -3.73. The minimum absolute atomic E-state index is 0.0110. The van der Waals surface area contributed by atoms with Gasteiger partial charge in [0.15, 0.2) is 0 Å². The summed E-state index contributed by atoms with van der Waals surface area (Å²) in [5, 5.41) is 2.92. The second kappa shape index (κ2) is 15.3. The summed E-state index contributed by atoms with van der Waals surface area (Å²) in [5.74, 6) is 2.31. The van der Waals surface area contributed by atoms with Gasteiger partial charge in [0.2, 0.25) is 11.8 Å². The maximum atomic E-state index is 13.6. The largest absolute Gasteiger partial charge is 0.355 e. The van der Waals surface area contributed by atoms with Crippen molar-refractivity contribution in [3.05, 3.63) is 88.8 Å². The first-order valence-corrected chi connectivity index (χ1v) is 14.6. The average Bonchev–Trinajstić information content (AvgIpc) is 2.99. The van der Waals surface area contributed by atoms with Crippen LogP contribution in [-0.4, -0.2) is 85.4 Å². The van der Waals surface area contributed by atoms with Crippen LogP contribution in [-0.2, 0) is 9.59 Å². The molecule has 0 saturated carbocycles. The zero-order valence-electron chi connectivity index (χ0n) is 24.1. The van der Waals surface area contributed by atoms with Crippen LogP contribution in [0.1, 0.15) is 42.4 Å². The van der Waals surface area contributed by atoms with Crippen molar-refractivity contribution in [2.75, 3.05) is 58.9 Å². The van der Waals surface area contributed by atoms with Gasteiger partial charge >= 0.3 is 0 Å². The Balaban J connectivity index is 1.24. The number of nitrogens with zero attached hydrogens (tertiary/aromatic N) is 3. The van der Waals surface area contributed by atoms with Crippen LogP contribution in [0.5, 0.6) is 0 Å². The van der Waals surface area contributed by atoms with E-state index in [1.54, 1.807) is 6.08 Å². The lowest BCUT2D eigenvalue weighted by Crippen LogP contribution is -2.48. The van der Waals surface area contributed by atoms with Crippen LogP contribution in [0.25, 0.3) is 5.57 Å². The molecule has 2 aliphatic heterocycles. The monoisotopic (exact) mass is 556 g/mol. The molecule has 41 heavy (non-hydrogen) atoms. The number of benzene rings is 2. The van der Waals surface area contributed by atoms with Crippen molar-refractivity contribution in [2.45, 2.75) is 32.6 Å². The molecular formula is C34H41FN4O2. The van der Waals surface area contributed by atoms with Gasteiger partial charge in [0, 0.05) is 77.8 Å². The highest BCUT2D eigenvalue weighted by Gasteiger charge is 2.22. The van der Waals surface area contributed by atoms with Gasteiger partial charge in [0.1, 0.15) is 5.82 Å². The van der Waals surface area contributed by atoms with Crippen LogP contribution < -0.4 is 5.32 Å². The maximum Gasteiger partial charge on any atom is 0.246 e. The Labute approximate surface area is 243 Å². The molecule has 6 nitrogen and oxygen atoms in total. The molecule has 0 unspecified atom stereocenters. The summed E-state index contributed by atoms with van der Waals surface area (Å²) < 4.78 is 13.6. The summed E-state index contributed by atoms with van der Waals surface area (Å²) in [5.41, 5.74) is 5.79. The maximum absolute atomic E-state index is 13.6. The van der Waals surface area contributed by atoms with Crippen molar-refractivity contribution in [1.82, 2.24) is 20.0 Å². The smallest absolute Gasteiger partial charge is 0.246 e. The van der Waals surface area contributed by atoms with Crippen molar-refractivity contribution in [1.29, 1.82) is 0 Å². The summed E-state index contributed by atoms with van der Waals surface area (Å²) in [7, 11) is 0. The Morgan fingerprint density at radius 2 is 1.54 bits per heavy atom. The van der Waals surface area contributed by atoms with Crippen LogP contribution >= 0.6 is 0 Å². The molecule has 2 aromatic carbocycles. The Morgan fingerprint density at radius 3 is 2.17 bits per heavy atom. The second-order valence-corrected chi connectivity index (χ2v) is 10.8. The third kappa shape index (κ3) is 9.14. The standard InChI is InChI=1S/C34H41FN4O2/c1-3-4-6-32(40)36-18-22-38-25-23-37(24-26-38)19-5-7-33(41)39-20-16-30(17-21-39)34(28-10-8-27(2)9-11-28)29-12-14-31(35)15-13-29/h1,5,7-15H,4,6,16-26H2,2H3,(H,36,40)/b7-5+. The lowest BCUT2D eigenvalue weighted by Gasteiger charge is -2.34. The zero-order chi connectivity index (χ0) is 29.0. The van der Waals surface area contributed by atoms with E-state index < -0.39 is 0 Å². The number of terminal acetylenes is 1. The number of halogens is 1. The summed E-state index contributed by atoms with van der Waals surface area (Å²) >= 11 is 0. The SMILES string of the molecule is C#CCCC(=O)NCCN1CCN(C/C=C/C(=O)N2CCC(=C(c3ccc(C)cc3)c3ccc(F)cc3)CC2)CC1. The van der Waals surface area contributed by atoms with Crippen LogP contribution in [0.3, 0.4) is 0 Å². The number of amides is 2. The Morgan fingerprint density at radius 1 is 0.927 bits per heavy atom. The van der Waals surface area contributed by atoms with E-state index in [2.05, 4.69) is 52.2 Å². The van der Waals surface area contributed by atoms with E-state index in [1.165, 1.54) is 23.3 Å². The van der Waals surface area contributed by atoms with E-state index in [1.807, 2.05) is 23.1 Å². The van der Waals surface area contributed by atoms with Crippen LogP contribution in [0.2, 0.25) is 0 Å². The van der Waals surface area contributed by atoms with E-state index in [0.717, 1.165) is 68.8 Å². The average molecular weight is 557 g/mol. The van der Waals surface area contributed by atoms with Gasteiger partial charge in [-0.1, -0.05) is 53.6 Å². The number of piperazine rings is 1. The number of carbonyl (C=O) groups excluding carboxylic acids is 2. The van der Waals surface area contributed by atoms with E-state index in [9.17, 15) is 14.0 Å². The first-order chi connectivity index (χ1) is 19.9. The van der Waals surface area contributed by atoms with Crippen LogP contribution in [0.4, 0.5) is 4.39 Å². The second-order valence-electron chi connectivity index (χ2n) is 10.8. The molecule has 1 N–H and O–H groups in total. The highest BCUT2D eigenvalue weighted by Crippen LogP contribution is 2.32. The molecule has 0 spiro atoms. The summed E-state index contributed by atoms with van der Waals surface area (Å²) in [6.07, 6.45) is 11.4. The summed E-state index contributed by atoms with van der Waals surface area (Å²) in [6.45, 7) is 9.41. The molecule has 0 bridgehead atoms. The molecule has 2 saturated heterocycles. The topological polar surface area (TPSA) is 55.9 Å². The third-order valence-corrected chi connectivity index (χ3v) is 7.84. The van der Waals surface area contributed by atoms with Crippen LogP contribution in [0.15, 0.2) is 66.3 Å². The molecule has 0 aromatic heterocycles. The molecule has 2 fully saturated rings. The number of carbonyl (C=O) groups is 2. The fourth-order valence-electron chi connectivity index (χ4n) is 5.39. The molecule has 2 aromatic rings. The molecule has 7 heteroatoms. The number of aryl methyl sites for hydroxylation is 1. The highest BCUT2D eigenvalue weighted by atomic mass is 19.1. The molecule has 0 aliphatic carbocycles. The number of piperidine rings is 1. The first kappa shape index (κ1) is 30.2. The molecule has 216 valence electrons. The molecule has 2 heterocycles. The fourth-order valence-corrected chi connectivity index (χ4v) is 5.39. The summed E-state index contributed by atoms with van der Waals surface area (Å²) in [6, 6.07) is 15.2. The van der Waals surface area contributed by atoms with E-state index >= 15 is 0 Å². The molecular weight excluding hydrogens is 515 g/mol. The van der Waals surface area contributed by atoms with Gasteiger partial charge in [0.25, 0.3) is 0 Å². The van der Waals surface area contributed by atoms with Crippen molar-refractivity contribution in [3.63, 3.8) is 0 Å². The van der Waals surface area contributed by atoms with Gasteiger partial charge in [-0.15, -0.1) is 12.3 Å². The fraction of sp³-hybridized carbons (Fsp3) is 0.412. The van der Waals surface area contributed by atoms with Crippen molar-refractivity contribution in [2.24, 2.45) is 0 Å². The summed E-state index contributed by atoms with van der Waals surface area (Å²) in [4.78, 5) is 31.2.